The van der Waals surface area contributed by atoms with Gasteiger partial charge in [-0.05, 0) is 73.5 Å². The molecule has 0 aliphatic heterocycles. The Morgan fingerprint density at radius 2 is 1.60 bits per heavy atom. The number of ether oxygens (including phenoxy) is 1. The summed E-state index contributed by atoms with van der Waals surface area (Å²) in [6, 6.07) is 20.6. The van der Waals surface area contributed by atoms with Gasteiger partial charge >= 0.3 is 0 Å². The molecule has 7 heteroatoms. The molecule has 0 bridgehead atoms. The van der Waals surface area contributed by atoms with Gasteiger partial charge in [0, 0.05) is 11.3 Å². The van der Waals surface area contributed by atoms with Crippen LogP contribution < -0.4 is 14.8 Å². The number of para-hydroxylation sites is 1. The smallest absolute Gasteiger partial charge is 0.261 e. The van der Waals surface area contributed by atoms with E-state index in [0.29, 0.717) is 24.4 Å². The third kappa shape index (κ3) is 5.61. The highest BCUT2D eigenvalue weighted by molar-refractivity contribution is 7.92. The Morgan fingerprint density at radius 3 is 2.27 bits per heavy atom. The maximum Gasteiger partial charge on any atom is 0.261 e. The number of benzene rings is 3. The topological polar surface area (TPSA) is 84.5 Å². The molecule has 0 saturated carbocycles. The number of hydrogen-bond acceptors (Lipinski definition) is 4. The molecular weight excluding hydrogens is 400 g/mol. The van der Waals surface area contributed by atoms with Crippen molar-refractivity contribution in [3.63, 3.8) is 0 Å². The van der Waals surface area contributed by atoms with Crippen molar-refractivity contribution in [3.8, 4) is 5.75 Å². The summed E-state index contributed by atoms with van der Waals surface area (Å²) in [4.78, 5) is 12.4. The number of carbonyl (C=O) groups excluding carboxylic acids is 1. The van der Waals surface area contributed by atoms with Gasteiger partial charge < -0.3 is 10.1 Å². The molecule has 0 aliphatic carbocycles. The van der Waals surface area contributed by atoms with Gasteiger partial charge in [0.1, 0.15) is 12.4 Å². The van der Waals surface area contributed by atoms with Crippen molar-refractivity contribution >= 4 is 21.6 Å². The highest BCUT2D eigenvalue weighted by atomic mass is 32.2. The van der Waals surface area contributed by atoms with Crippen molar-refractivity contribution < 1.29 is 17.9 Å². The van der Waals surface area contributed by atoms with Gasteiger partial charge in [-0.2, -0.15) is 0 Å². The van der Waals surface area contributed by atoms with Gasteiger partial charge in [-0.15, -0.1) is 0 Å². The van der Waals surface area contributed by atoms with E-state index >= 15 is 0 Å². The van der Waals surface area contributed by atoms with E-state index in [1.54, 1.807) is 42.5 Å². The number of aryl methyl sites for hydroxylation is 2. The molecule has 6 nitrogen and oxygen atoms in total. The van der Waals surface area contributed by atoms with Gasteiger partial charge in [-0.3, -0.25) is 9.52 Å². The molecule has 0 spiro atoms. The van der Waals surface area contributed by atoms with E-state index in [1.807, 2.05) is 44.2 Å². The Hall–Kier alpha value is -3.32. The predicted octanol–water partition coefficient (Wildman–Crippen LogP) is 3.91. The van der Waals surface area contributed by atoms with Crippen molar-refractivity contribution in [2.45, 2.75) is 18.7 Å². The maximum absolute atomic E-state index is 12.6. The highest BCUT2D eigenvalue weighted by Gasteiger charge is 2.15. The molecule has 0 saturated heterocycles. The van der Waals surface area contributed by atoms with E-state index in [2.05, 4.69) is 10.0 Å². The van der Waals surface area contributed by atoms with Gasteiger partial charge in [-0.25, -0.2) is 8.42 Å². The van der Waals surface area contributed by atoms with Crippen molar-refractivity contribution in [1.29, 1.82) is 0 Å². The van der Waals surface area contributed by atoms with Crippen molar-refractivity contribution in [1.82, 2.24) is 5.32 Å². The van der Waals surface area contributed by atoms with E-state index < -0.39 is 10.0 Å². The lowest BCUT2D eigenvalue weighted by molar-refractivity contribution is 0.0947. The van der Waals surface area contributed by atoms with E-state index in [0.717, 1.165) is 16.9 Å². The van der Waals surface area contributed by atoms with Gasteiger partial charge in [-0.1, -0.05) is 24.3 Å². The molecule has 30 heavy (non-hydrogen) atoms. The van der Waals surface area contributed by atoms with Crippen LogP contribution in [0.3, 0.4) is 0 Å². The second-order valence-corrected chi connectivity index (χ2v) is 8.53. The number of hydrogen-bond donors (Lipinski definition) is 2. The second kappa shape index (κ2) is 9.45. The SMILES string of the molecule is Cc1ccc(S(=O)(=O)Nc2ccc(C(=O)NCCOc3ccccc3)cc2)cc1C. The molecule has 0 atom stereocenters. The average Bonchev–Trinajstić information content (AvgIpc) is 2.74. The number of sulfonamides is 1. The summed E-state index contributed by atoms with van der Waals surface area (Å²) in [6.45, 7) is 4.50. The fraction of sp³-hybridized carbons (Fsp3) is 0.174. The number of amides is 1. The van der Waals surface area contributed by atoms with Crippen molar-refractivity contribution in [3.05, 3.63) is 89.5 Å². The van der Waals surface area contributed by atoms with Crippen molar-refractivity contribution in [2.75, 3.05) is 17.9 Å². The van der Waals surface area contributed by atoms with E-state index in [1.165, 1.54) is 0 Å². The lowest BCUT2D eigenvalue weighted by Crippen LogP contribution is -2.28. The first kappa shape index (κ1) is 21.4. The molecule has 0 aromatic heterocycles. The molecule has 0 unspecified atom stereocenters. The molecule has 3 aromatic rings. The zero-order chi connectivity index (χ0) is 21.6. The van der Waals surface area contributed by atoms with Gasteiger partial charge in [0.05, 0.1) is 11.4 Å². The quantitative estimate of drug-likeness (QED) is 0.537. The predicted molar refractivity (Wildman–Crippen MR) is 117 cm³/mol. The summed E-state index contributed by atoms with van der Waals surface area (Å²) < 4.78 is 33.2. The van der Waals surface area contributed by atoms with Crippen LogP contribution in [0.25, 0.3) is 0 Å². The largest absolute Gasteiger partial charge is 0.492 e. The van der Waals surface area contributed by atoms with E-state index in [4.69, 9.17) is 4.74 Å². The maximum atomic E-state index is 12.6. The molecule has 0 radical (unpaired) electrons. The zero-order valence-corrected chi connectivity index (χ0v) is 17.7. The number of carbonyl (C=O) groups is 1. The number of rotatable bonds is 8. The van der Waals surface area contributed by atoms with Crippen LogP contribution >= 0.6 is 0 Å². The lowest BCUT2D eigenvalue weighted by Gasteiger charge is -2.11. The van der Waals surface area contributed by atoms with Gasteiger partial charge in [0.2, 0.25) is 0 Å². The number of nitrogens with one attached hydrogen (secondary N) is 2. The molecule has 3 rings (SSSR count). The van der Waals surface area contributed by atoms with Crippen LogP contribution in [-0.2, 0) is 10.0 Å². The van der Waals surface area contributed by atoms with Crippen LogP contribution in [0.2, 0.25) is 0 Å². The first-order valence-corrected chi connectivity index (χ1v) is 11.0. The standard InChI is InChI=1S/C23H24N2O4S/c1-17-8-13-22(16-18(17)2)30(27,28)25-20-11-9-19(10-12-20)23(26)24-14-15-29-21-6-4-3-5-7-21/h3-13,16,25H,14-15H2,1-2H3,(H,24,26). The fourth-order valence-electron chi connectivity index (χ4n) is 2.74. The summed E-state index contributed by atoms with van der Waals surface area (Å²) in [5.41, 5.74) is 2.75. The molecule has 0 fully saturated rings. The first-order valence-electron chi connectivity index (χ1n) is 9.51. The summed E-state index contributed by atoms with van der Waals surface area (Å²) in [5.74, 6) is 0.488. The molecule has 2 N–H and O–H groups in total. The second-order valence-electron chi connectivity index (χ2n) is 6.85. The summed E-state index contributed by atoms with van der Waals surface area (Å²) >= 11 is 0. The van der Waals surface area contributed by atoms with Crippen LogP contribution in [0.15, 0.2) is 77.7 Å². The minimum atomic E-state index is -3.70. The van der Waals surface area contributed by atoms with Gasteiger partial charge in [0.25, 0.3) is 15.9 Å². The van der Waals surface area contributed by atoms with Crippen LogP contribution in [0.1, 0.15) is 21.5 Å². The number of anilines is 1. The third-order valence-corrected chi connectivity index (χ3v) is 5.97. The van der Waals surface area contributed by atoms with Gasteiger partial charge in [0.15, 0.2) is 0 Å². The summed E-state index contributed by atoms with van der Waals surface area (Å²) in [7, 11) is -3.70. The molecule has 3 aromatic carbocycles. The molecular formula is C23H24N2O4S. The molecule has 156 valence electrons. The third-order valence-electron chi connectivity index (χ3n) is 4.59. The Labute approximate surface area is 177 Å². The fourth-order valence-corrected chi connectivity index (χ4v) is 3.88. The van der Waals surface area contributed by atoms with Crippen LogP contribution in [0.4, 0.5) is 5.69 Å². The van der Waals surface area contributed by atoms with E-state index in [9.17, 15) is 13.2 Å². The minimum Gasteiger partial charge on any atom is -0.492 e. The summed E-state index contributed by atoms with van der Waals surface area (Å²) in [6.07, 6.45) is 0. The molecule has 0 heterocycles. The van der Waals surface area contributed by atoms with Crippen LogP contribution in [-0.4, -0.2) is 27.5 Å². The highest BCUT2D eigenvalue weighted by Crippen LogP contribution is 2.19. The molecule has 1 amide bonds. The minimum absolute atomic E-state index is 0.200. The Bertz CT molecular complexity index is 1110. The average molecular weight is 425 g/mol. The Morgan fingerprint density at radius 1 is 0.900 bits per heavy atom. The van der Waals surface area contributed by atoms with E-state index in [-0.39, 0.29) is 10.8 Å². The normalized spacial score (nSPS) is 11.0. The van der Waals surface area contributed by atoms with Crippen LogP contribution in [0.5, 0.6) is 5.75 Å². The molecule has 0 aliphatic rings. The Kier molecular flexibility index (Phi) is 6.74. The summed E-state index contributed by atoms with van der Waals surface area (Å²) in [5, 5.41) is 2.77. The Balaban J connectivity index is 1.54. The lowest BCUT2D eigenvalue weighted by atomic mass is 10.1. The zero-order valence-electron chi connectivity index (χ0n) is 16.9. The van der Waals surface area contributed by atoms with Crippen molar-refractivity contribution in [2.24, 2.45) is 0 Å². The monoisotopic (exact) mass is 424 g/mol. The van der Waals surface area contributed by atoms with Crippen LogP contribution in [0, 0.1) is 13.8 Å². The first-order chi connectivity index (χ1) is 14.3.